The lowest BCUT2D eigenvalue weighted by molar-refractivity contribution is 0.164. The molecule has 3 nitrogen and oxygen atoms in total. The predicted molar refractivity (Wildman–Crippen MR) is 73.7 cm³/mol. The highest BCUT2D eigenvalue weighted by molar-refractivity contribution is 7.85. The standard InChI is InChI=1S/C13H26N2OS/c1-3-13(2,10-14-12-4-5-12)11-15-6-8-17(16)9-7-15/h12,14H,3-11H2,1-2H3. The lowest BCUT2D eigenvalue weighted by Gasteiger charge is -2.36. The van der Waals surface area contributed by atoms with Crippen molar-refractivity contribution < 1.29 is 4.21 Å². The van der Waals surface area contributed by atoms with Crippen molar-refractivity contribution >= 4 is 10.8 Å². The lowest BCUT2D eigenvalue weighted by Crippen LogP contribution is -2.47. The van der Waals surface area contributed by atoms with E-state index >= 15 is 0 Å². The third-order valence-corrected chi connectivity index (χ3v) is 5.40. The molecule has 1 aliphatic carbocycles. The molecule has 1 aliphatic heterocycles. The zero-order valence-corrected chi connectivity index (χ0v) is 12.0. The fourth-order valence-corrected chi connectivity index (χ4v) is 3.47. The van der Waals surface area contributed by atoms with E-state index in [4.69, 9.17) is 0 Å². The monoisotopic (exact) mass is 258 g/mol. The molecular formula is C13H26N2OS. The first kappa shape index (κ1) is 13.5. The SMILES string of the molecule is CCC(C)(CNC1CC1)CN1CCS(=O)CC1. The van der Waals surface area contributed by atoms with Crippen molar-refractivity contribution in [1.29, 1.82) is 0 Å². The van der Waals surface area contributed by atoms with Crippen LogP contribution in [-0.2, 0) is 10.8 Å². The number of nitrogens with zero attached hydrogens (tertiary/aromatic N) is 1. The number of hydrogen-bond donors (Lipinski definition) is 1. The summed E-state index contributed by atoms with van der Waals surface area (Å²) in [5, 5.41) is 3.66. The maximum atomic E-state index is 11.3. The van der Waals surface area contributed by atoms with Crippen molar-refractivity contribution in [3.63, 3.8) is 0 Å². The zero-order chi connectivity index (χ0) is 12.3. The van der Waals surface area contributed by atoms with Gasteiger partial charge in [0.1, 0.15) is 0 Å². The molecule has 2 rings (SSSR count). The van der Waals surface area contributed by atoms with Gasteiger partial charge >= 0.3 is 0 Å². The molecule has 2 fully saturated rings. The third kappa shape index (κ3) is 4.34. The quantitative estimate of drug-likeness (QED) is 0.777. The summed E-state index contributed by atoms with van der Waals surface area (Å²) in [6, 6.07) is 0.801. The Morgan fingerprint density at radius 1 is 1.35 bits per heavy atom. The first-order valence-electron chi connectivity index (χ1n) is 6.92. The van der Waals surface area contributed by atoms with Crippen molar-refractivity contribution in [2.24, 2.45) is 5.41 Å². The highest BCUT2D eigenvalue weighted by atomic mass is 32.2. The largest absolute Gasteiger partial charge is 0.313 e. The van der Waals surface area contributed by atoms with E-state index in [0.29, 0.717) is 5.41 Å². The van der Waals surface area contributed by atoms with Crippen LogP contribution in [0.15, 0.2) is 0 Å². The van der Waals surface area contributed by atoms with Gasteiger partial charge in [0, 0.05) is 54.5 Å². The van der Waals surface area contributed by atoms with Crippen molar-refractivity contribution in [3.05, 3.63) is 0 Å². The van der Waals surface area contributed by atoms with Gasteiger partial charge in [-0.05, 0) is 24.7 Å². The van der Waals surface area contributed by atoms with E-state index in [0.717, 1.165) is 43.7 Å². The Bertz CT molecular complexity index is 271. The molecule has 100 valence electrons. The molecule has 1 saturated heterocycles. The third-order valence-electron chi connectivity index (χ3n) is 4.12. The molecule has 0 aromatic rings. The van der Waals surface area contributed by atoms with Crippen LogP contribution in [0.25, 0.3) is 0 Å². The second-order valence-electron chi connectivity index (χ2n) is 5.94. The smallest absolute Gasteiger partial charge is 0.0363 e. The molecule has 0 aromatic heterocycles. The lowest BCUT2D eigenvalue weighted by atomic mass is 9.86. The van der Waals surface area contributed by atoms with Gasteiger partial charge in [-0.15, -0.1) is 0 Å². The normalized spacial score (nSPS) is 26.9. The van der Waals surface area contributed by atoms with Crippen LogP contribution >= 0.6 is 0 Å². The predicted octanol–water partition coefficient (Wildman–Crippen LogP) is 1.22. The molecule has 1 atom stereocenters. The summed E-state index contributed by atoms with van der Waals surface area (Å²) in [5.74, 6) is 1.74. The summed E-state index contributed by atoms with van der Waals surface area (Å²) in [5.41, 5.74) is 0.376. The number of hydrogen-bond acceptors (Lipinski definition) is 3. The summed E-state index contributed by atoms with van der Waals surface area (Å²) in [6.45, 7) is 9.00. The molecule has 0 spiro atoms. The maximum absolute atomic E-state index is 11.3. The van der Waals surface area contributed by atoms with E-state index in [9.17, 15) is 4.21 Å². The van der Waals surface area contributed by atoms with Gasteiger partial charge in [0.05, 0.1) is 0 Å². The molecule has 17 heavy (non-hydrogen) atoms. The molecule has 1 heterocycles. The van der Waals surface area contributed by atoms with Gasteiger partial charge in [0.15, 0.2) is 0 Å². The summed E-state index contributed by atoms with van der Waals surface area (Å²) >= 11 is 0. The average molecular weight is 258 g/mol. The first-order valence-corrected chi connectivity index (χ1v) is 8.41. The Hall–Kier alpha value is 0.0700. The van der Waals surface area contributed by atoms with Crippen LogP contribution in [0.1, 0.15) is 33.1 Å². The minimum Gasteiger partial charge on any atom is -0.313 e. The molecule has 0 bridgehead atoms. The second-order valence-corrected chi connectivity index (χ2v) is 7.64. The van der Waals surface area contributed by atoms with Gasteiger partial charge in [-0.25, -0.2) is 0 Å². The van der Waals surface area contributed by atoms with Gasteiger partial charge in [-0.2, -0.15) is 0 Å². The summed E-state index contributed by atoms with van der Waals surface area (Å²) in [6.07, 6.45) is 3.94. The fourth-order valence-electron chi connectivity index (χ4n) is 2.34. The fraction of sp³-hybridized carbons (Fsp3) is 1.00. The molecule has 2 aliphatic rings. The number of nitrogens with one attached hydrogen (secondary N) is 1. The molecule has 1 N–H and O–H groups in total. The minimum absolute atomic E-state index is 0.376. The molecule has 0 aromatic carbocycles. The van der Waals surface area contributed by atoms with Crippen molar-refractivity contribution in [2.75, 3.05) is 37.7 Å². The maximum Gasteiger partial charge on any atom is 0.0363 e. The summed E-state index contributed by atoms with van der Waals surface area (Å²) in [7, 11) is -0.550. The molecule has 0 radical (unpaired) electrons. The van der Waals surface area contributed by atoms with Crippen LogP contribution in [0.4, 0.5) is 0 Å². The van der Waals surface area contributed by atoms with Gasteiger partial charge in [-0.3, -0.25) is 4.21 Å². The van der Waals surface area contributed by atoms with Gasteiger partial charge in [0.2, 0.25) is 0 Å². The Balaban J connectivity index is 1.77. The average Bonchev–Trinajstić information content (AvgIpc) is 3.14. The number of rotatable bonds is 6. The van der Waals surface area contributed by atoms with Crippen molar-refractivity contribution in [2.45, 2.75) is 39.2 Å². The Morgan fingerprint density at radius 3 is 2.53 bits per heavy atom. The molecule has 0 amide bonds. The molecular weight excluding hydrogens is 232 g/mol. The van der Waals surface area contributed by atoms with Crippen LogP contribution in [0.3, 0.4) is 0 Å². The van der Waals surface area contributed by atoms with Crippen LogP contribution in [0.2, 0.25) is 0 Å². The Morgan fingerprint density at radius 2 is 2.00 bits per heavy atom. The van der Waals surface area contributed by atoms with Gasteiger partial charge in [0.25, 0.3) is 0 Å². The van der Waals surface area contributed by atoms with Gasteiger partial charge < -0.3 is 10.2 Å². The zero-order valence-electron chi connectivity index (χ0n) is 11.2. The van der Waals surface area contributed by atoms with E-state index in [1.54, 1.807) is 0 Å². The van der Waals surface area contributed by atoms with Crippen LogP contribution in [-0.4, -0.2) is 52.8 Å². The summed E-state index contributed by atoms with van der Waals surface area (Å²) in [4.78, 5) is 2.50. The van der Waals surface area contributed by atoms with Gasteiger partial charge in [-0.1, -0.05) is 13.8 Å². The van der Waals surface area contributed by atoms with E-state index in [1.165, 1.54) is 19.3 Å². The second kappa shape index (κ2) is 5.81. The molecule has 1 saturated carbocycles. The Kier molecular flexibility index (Phi) is 4.61. The molecule has 4 heteroatoms. The van der Waals surface area contributed by atoms with Crippen molar-refractivity contribution in [3.8, 4) is 0 Å². The van der Waals surface area contributed by atoms with E-state index in [-0.39, 0.29) is 0 Å². The van der Waals surface area contributed by atoms with Crippen LogP contribution in [0.5, 0.6) is 0 Å². The Labute approximate surface area is 108 Å². The highest BCUT2D eigenvalue weighted by Crippen LogP contribution is 2.25. The topological polar surface area (TPSA) is 32.3 Å². The minimum atomic E-state index is -0.550. The van der Waals surface area contributed by atoms with E-state index in [1.807, 2.05) is 0 Å². The highest BCUT2D eigenvalue weighted by Gasteiger charge is 2.30. The van der Waals surface area contributed by atoms with Crippen molar-refractivity contribution in [1.82, 2.24) is 10.2 Å². The summed E-state index contributed by atoms with van der Waals surface area (Å²) < 4.78 is 11.3. The van der Waals surface area contributed by atoms with E-state index < -0.39 is 10.8 Å². The first-order chi connectivity index (χ1) is 8.11. The van der Waals surface area contributed by atoms with Crippen LogP contribution < -0.4 is 5.32 Å². The molecule has 1 unspecified atom stereocenters. The van der Waals surface area contributed by atoms with E-state index in [2.05, 4.69) is 24.1 Å². The van der Waals surface area contributed by atoms with Crippen LogP contribution in [0, 0.1) is 5.41 Å².